The van der Waals surface area contributed by atoms with Gasteiger partial charge in [0.05, 0.1) is 7.11 Å². The van der Waals surface area contributed by atoms with Gasteiger partial charge in [-0.15, -0.1) is 0 Å². The van der Waals surface area contributed by atoms with E-state index >= 15 is 0 Å². The Bertz CT molecular complexity index is 893. The fourth-order valence-electron chi connectivity index (χ4n) is 2.69. The second-order valence-corrected chi connectivity index (χ2v) is 6.24. The Labute approximate surface area is 157 Å². The van der Waals surface area contributed by atoms with Crippen molar-refractivity contribution in [3.8, 4) is 11.5 Å². The van der Waals surface area contributed by atoms with Crippen LogP contribution in [0.1, 0.15) is 5.56 Å². The molecule has 3 aromatic carbocycles. The quantitative estimate of drug-likeness (QED) is 0.677. The average Bonchev–Trinajstić information content (AvgIpc) is 2.68. The predicted molar refractivity (Wildman–Crippen MR) is 104 cm³/mol. The highest BCUT2D eigenvalue weighted by Crippen LogP contribution is 2.31. The fraction of sp³-hybridized carbons (Fsp3) is 0.190. The van der Waals surface area contributed by atoms with E-state index in [0.29, 0.717) is 17.3 Å². The molecule has 0 aliphatic carbocycles. The Hall–Kier alpha value is -2.72. The number of ether oxygens (including phenoxy) is 2. The standard InChI is InChI=1S/C21H20ClNO3/c1-25-16-8-6-15(7-9-16)12-13-23-21(24)14-26-20-11-10-19(22)17-4-2-3-5-18(17)20/h2-11H,12-14H2,1H3,(H,23,24). The molecule has 0 saturated carbocycles. The van der Waals surface area contributed by atoms with Crippen LogP contribution in [0.3, 0.4) is 0 Å². The van der Waals surface area contributed by atoms with Crippen LogP contribution in [0.2, 0.25) is 5.02 Å². The van der Waals surface area contributed by atoms with Gasteiger partial charge in [0, 0.05) is 22.3 Å². The van der Waals surface area contributed by atoms with Gasteiger partial charge in [0.1, 0.15) is 11.5 Å². The van der Waals surface area contributed by atoms with E-state index in [1.807, 2.05) is 48.5 Å². The molecule has 0 atom stereocenters. The SMILES string of the molecule is COc1ccc(CCNC(=O)COc2ccc(Cl)c3ccccc23)cc1. The van der Waals surface area contributed by atoms with Gasteiger partial charge < -0.3 is 14.8 Å². The maximum Gasteiger partial charge on any atom is 0.257 e. The number of rotatable bonds is 7. The van der Waals surface area contributed by atoms with Crippen LogP contribution >= 0.6 is 11.6 Å². The first-order valence-electron chi connectivity index (χ1n) is 8.37. The summed E-state index contributed by atoms with van der Waals surface area (Å²) in [4.78, 5) is 12.0. The van der Waals surface area contributed by atoms with Crippen molar-refractivity contribution in [2.24, 2.45) is 0 Å². The number of carbonyl (C=O) groups is 1. The van der Waals surface area contributed by atoms with Crippen LogP contribution in [0, 0.1) is 0 Å². The van der Waals surface area contributed by atoms with Gasteiger partial charge in [-0.05, 0) is 36.2 Å². The first-order chi connectivity index (χ1) is 12.7. The summed E-state index contributed by atoms with van der Waals surface area (Å²) in [7, 11) is 1.64. The number of benzene rings is 3. The van der Waals surface area contributed by atoms with Gasteiger partial charge >= 0.3 is 0 Å². The van der Waals surface area contributed by atoms with Crippen LogP contribution in [0.5, 0.6) is 11.5 Å². The van der Waals surface area contributed by atoms with Crippen molar-refractivity contribution in [3.63, 3.8) is 0 Å². The third-order valence-electron chi connectivity index (χ3n) is 4.08. The topological polar surface area (TPSA) is 47.6 Å². The molecule has 26 heavy (non-hydrogen) atoms. The molecule has 4 nitrogen and oxygen atoms in total. The normalized spacial score (nSPS) is 10.5. The summed E-state index contributed by atoms with van der Waals surface area (Å²) < 4.78 is 10.8. The van der Waals surface area contributed by atoms with E-state index in [-0.39, 0.29) is 12.5 Å². The molecule has 3 rings (SSSR count). The smallest absolute Gasteiger partial charge is 0.257 e. The van der Waals surface area contributed by atoms with E-state index in [2.05, 4.69) is 5.32 Å². The zero-order valence-electron chi connectivity index (χ0n) is 14.5. The zero-order valence-corrected chi connectivity index (χ0v) is 15.3. The molecular formula is C21H20ClNO3. The molecular weight excluding hydrogens is 350 g/mol. The summed E-state index contributed by atoms with van der Waals surface area (Å²) in [6, 6.07) is 19.1. The average molecular weight is 370 g/mol. The lowest BCUT2D eigenvalue weighted by molar-refractivity contribution is -0.123. The number of hydrogen-bond donors (Lipinski definition) is 1. The van der Waals surface area contributed by atoms with E-state index in [1.165, 1.54) is 0 Å². The molecule has 0 aromatic heterocycles. The Balaban J connectivity index is 1.50. The van der Waals surface area contributed by atoms with Gasteiger partial charge in [0.25, 0.3) is 5.91 Å². The van der Waals surface area contributed by atoms with Crippen molar-refractivity contribution in [1.82, 2.24) is 5.32 Å². The van der Waals surface area contributed by atoms with E-state index in [9.17, 15) is 4.79 Å². The van der Waals surface area contributed by atoms with Crippen molar-refractivity contribution < 1.29 is 14.3 Å². The largest absolute Gasteiger partial charge is 0.497 e. The highest BCUT2D eigenvalue weighted by atomic mass is 35.5. The number of amides is 1. The second-order valence-electron chi connectivity index (χ2n) is 5.83. The summed E-state index contributed by atoms with van der Waals surface area (Å²) in [5.74, 6) is 1.31. The minimum absolute atomic E-state index is 0.0335. The lowest BCUT2D eigenvalue weighted by Crippen LogP contribution is -2.30. The van der Waals surface area contributed by atoms with Crippen LogP contribution in [0.15, 0.2) is 60.7 Å². The van der Waals surface area contributed by atoms with Crippen molar-refractivity contribution in [2.75, 3.05) is 20.3 Å². The molecule has 134 valence electrons. The van der Waals surface area contributed by atoms with Crippen LogP contribution in [-0.4, -0.2) is 26.2 Å². The summed E-state index contributed by atoms with van der Waals surface area (Å²) in [5.41, 5.74) is 1.13. The van der Waals surface area contributed by atoms with E-state index in [4.69, 9.17) is 21.1 Å². The molecule has 0 fully saturated rings. The van der Waals surface area contributed by atoms with Crippen LogP contribution in [-0.2, 0) is 11.2 Å². The number of carbonyl (C=O) groups excluding carboxylic acids is 1. The maximum absolute atomic E-state index is 12.0. The number of methoxy groups -OCH3 is 1. The molecule has 0 heterocycles. The van der Waals surface area contributed by atoms with Gasteiger partial charge in [0.2, 0.25) is 0 Å². The van der Waals surface area contributed by atoms with Gasteiger partial charge in [-0.1, -0.05) is 48.0 Å². The van der Waals surface area contributed by atoms with Crippen molar-refractivity contribution in [3.05, 3.63) is 71.2 Å². The number of nitrogens with one attached hydrogen (secondary N) is 1. The first kappa shape index (κ1) is 18.1. The van der Waals surface area contributed by atoms with Crippen LogP contribution in [0.25, 0.3) is 10.8 Å². The first-order valence-corrected chi connectivity index (χ1v) is 8.75. The van der Waals surface area contributed by atoms with Gasteiger partial charge in [-0.3, -0.25) is 4.79 Å². The maximum atomic E-state index is 12.0. The lowest BCUT2D eigenvalue weighted by Gasteiger charge is -2.11. The number of halogens is 1. The summed E-state index contributed by atoms with van der Waals surface area (Å²) in [5, 5.41) is 5.34. The molecule has 0 saturated heterocycles. The van der Waals surface area contributed by atoms with E-state index < -0.39 is 0 Å². The summed E-state index contributed by atoms with van der Waals surface area (Å²) in [6.07, 6.45) is 0.750. The molecule has 0 bridgehead atoms. The lowest BCUT2D eigenvalue weighted by atomic mass is 10.1. The molecule has 1 N–H and O–H groups in total. The van der Waals surface area contributed by atoms with Gasteiger partial charge in [0.15, 0.2) is 6.61 Å². The zero-order chi connectivity index (χ0) is 18.4. The molecule has 0 unspecified atom stereocenters. The highest BCUT2D eigenvalue weighted by Gasteiger charge is 2.08. The monoisotopic (exact) mass is 369 g/mol. The molecule has 0 radical (unpaired) electrons. The molecule has 0 spiro atoms. The Morgan fingerprint density at radius 3 is 2.46 bits per heavy atom. The second kappa shape index (κ2) is 8.59. The minimum atomic E-state index is -0.155. The molecule has 0 aliphatic heterocycles. The van der Waals surface area contributed by atoms with E-state index in [1.54, 1.807) is 19.2 Å². The Morgan fingerprint density at radius 1 is 1.00 bits per heavy atom. The predicted octanol–water partition coefficient (Wildman–Crippen LogP) is 4.24. The third-order valence-corrected chi connectivity index (χ3v) is 4.41. The van der Waals surface area contributed by atoms with Crippen molar-refractivity contribution in [1.29, 1.82) is 0 Å². The molecule has 3 aromatic rings. The molecule has 5 heteroatoms. The molecule has 1 amide bonds. The Kier molecular flexibility index (Phi) is 5.97. The Morgan fingerprint density at radius 2 is 1.73 bits per heavy atom. The highest BCUT2D eigenvalue weighted by molar-refractivity contribution is 6.35. The van der Waals surface area contributed by atoms with Gasteiger partial charge in [-0.2, -0.15) is 0 Å². The van der Waals surface area contributed by atoms with Gasteiger partial charge in [-0.25, -0.2) is 0 Å². The fourth-order valence-corrected chi connectivity index (χ4v) is 2.92. The van der Waals surface area contributed by atoms with Crippen LogP contribution < -0.4 is 14.8 Å². The molecule has 0 aliphatic rings. The van der Waals surface area contributed by atoms with Crippen molar-refractivity contribution in [2.45, 2.75) is 6.42 Å². The summed E-state index contributed by atoms with van der Waals surface area (Å²) in [6.45, 7) is 0.518. The summed E-state index contributed by atoms with van der Waals surface area (Å²) >= 11 is 6.19. The number of hydrogen-bond acceptors (Lipinski definition) is 3. The van der Waals surface area contributed by atoms with E-state index in [0.717, 1.165) is 28.5 Å². The van der Waals surface area contributed by atoms with Crippen molar-refractivity contribution >= 4 is 28.3 Å². The van der Waals surface area contributed by atoms with Crippen LogP contribution in [0.4, 0.5) is 0 Å². The third kappa shape index (κ3) is 4.46. The minimum Gasteiger partial charge on any atom is -0.497 e. The number of fused-ring (bicyclic) bond motifs is 1.